The molecule has 0 fully saturated rings. The van der Waals surface area contributed by atoms with Crippen molar-refractivity contribution >= 4 is 27.9 Å². The summed E-state index contributed by atoms with van der Waals surface area (Å²) < 4.78 is 9.12. The molecule has 0 unspecified atom stereocenters. The first kappa shape index (κ1) is 18.5. The Kier molecular flexibility index (Phi) is 4.00. The number of nitrogens with one attached hydrogen (secondary N) is 1. The number of nitrogens with zero attached hydrogens (tertiary/aromatic N) is 2. The lowest BCUT2D eigenvalue weighted by atomic mass is 9.95. The normalized spacial score (nSPS) is 14.8. The summed E-state index contributed by atoms with van der Waals surface area (Å²) in [5.74, 6) is 0.843. The van der Waals surface area contributed by atoms with Gasteiger partial charge in [-0.1, -0.05) is 18.2 Å². The van der Waals surface area contributed by atoms with Crippen LogP contribution in [0.3, 0.4) is 0 Å². The molecule has 5 rings (SSSR count). The number of ether oxygens (including phenoxy) is 1. The highest BCUT2D eigenvalue weighted by molar-refractivity contribution is 5.92. The van der Waals surface area contributed by atoms with E-state index in [2.05, 4.69) is 17.1 Å². The topological polar surface area (TPSA) is 69.0 Å². The number of H-pyrrole nitrogens is 1. The summed E-state index contributed by atoms with van der Waals surface area (Å²) in [5.41, 5.74) is 2.72. The van der Waals surface area contributed by atoms with E-state index in [1.54, 1.807) is 19.2 Å². The van der Waals surface area contributed by atoms with Gasteiger partial charge in [-0.3, -0.25) is 13.9 Å². The lowest BCUT2D eigenvalue weighted by Gasteiger charge is -2.29. The van der Waals surface area contributed by atoms with Crippen LogP contribution in [0.1, 0.15) is 25.0 Å². The van der Waals surface area contributed by atoms with Crippen molar-refractivity contribution in [3.63, 3.8) is 0 Å². The van der Waals surface area contributed by atoms with Crippen molar-refractivity contribution in [2.24, 2.45) is 7.05 Å². The maximum atomic E-state index is 13.0. The van der Waals surface area contributed by atoms with E-state index < -0.39 is 0 Å². The molecule has 6 nitrogen and oxygen atoms in total. The molecular weight excluding hydrogens is 378 g/mol. The Hall–Kier alpha value is -3.54. The van der Waals surface area contributed by atoms with Gasteiger partial charge in [-0.05, 0) is 56.2 Å². The zero-order chi connectivity index (χ0) is 21.0. The minimum absolute atomic E-state index is 0.253. The van der Waals surface area contributed by atoms with Gasteiger partial charge < -0.3 is 9.72 Å². The lowest BCUT2D eigenvalue weighted by molar-refractivity contribution is 0.161. The predicted molar refractivity (Wildman–Crippen MR) is 119 cm³/mol. The fourth-order valence-corrected chi connectivity index (χ4v) is 4.22. The molecule has 0 spiro atoms. The molecule has 0 saturated heterocycles. The van der Waals surface area contributed by atoms with Crippen molar-refractivity contribution in [1.82, 2.24) is 14.1 Å². The Balaban J connectivity index is 1.61. The number of hydrogen-bond acceptors (Lipinski definition) is 3. The van der Waals surface area contributed by atoms with Crippen LogP contribution in [0.4, 0.5) is 0 Å². The Morgan fingerprint density at radius 3 is 2.73 bits per heavy atom. The van der Waals surface area contributed by atoms with E-state index in [0.717, 1.165) is 27.8 Å². The molecule has 2 aromatic heterocycles. The zero-order valence-electron chi connectivity index (χ0n) is 17.2. The summed E-state index contributed by atoms with van der Waals surface area (Å²) in [5, 5.41) is 1.58. The Labute approximate surface area is 173 Å². The number of rotatable bonds is 3. The monoisotopic (exact) mass is 401 g/mol. The fourth-order valence-electron chi connectivity index (χ4n) is 4.22. The molecule has 1 aliphatic heterocycles. The van der Waals surface area contributed by atoms with E-state index in [0.29, 0.717) is 23.9 Å². The zero-order valence-corrected chi connectivity index (χ0v) is 17.2. The highest BCUT2D eigenvalue weighted by Gasteiger charge is 2.25. The molecule has 3 heterocycles. The highest BCUT2D eigenvalue weighted by Crippen LogP contribution is 2.39. The number of fused-ring (bicyclic) bond motifs is 4. The van der Waals surface area contributed by atoms with Crippen molar-refractivity contribution in [2.75, 3.05) is 0 Å². The quantitative estimate of drug-likeness (QED) is 0.570. The second kappa shape index (κ2) is 6.49. The minimum atomic E-state index is -0.388. The van der Waals surface area contributed by atoms with Crippen LogP contribution in [0.2, 0.25) is 0 Å². The first-order chi connectivity index (χ1) is 14.4. The summed E-state index contributed by atoms with van der Waals surface area (Å²) >= 11 is 0. The second-order valence-corrected chi connectivity index (χ2v) is 8.32. The molecule has 0 saturated carbocycles. The number of para-hydroxylation sites is 1. The van der Waals surface area contributed by atoms with Crippen LogP contribution in [0.15, 0.2) is 58.3 Å². The molecule has 0 atom stereocenters. The predicted octanol–water partition coefficient (Wildman–Crippen LogP) is 3.61. The first-order valence-electron chi connectivity index (χ1n) is 10.1. The van der Waals surface area contributed by atoms with E-state index in [1.807, 2.05) is 44.3 Å². The average molecular weight is 401 g/mol. The molecule has 4 aromatic rings. The van der Waals surface area contributed by atoms with Crippen LogP contribution in [-0.2, 0) is 20.0 Å². The average Bonchev–Trinajstić information content (AvgIpc) is 3.20. The molecule has 0 amide bonds. The standard InChI is InChI=1S/C24H23N3O3/c1-24(2)11-8-16-15(14-19-17(9-12-25-19)21(16)30-24)10-13-27-22(28)18-6-4-5-7-20(18)26(3)23(27)29/h4-9,11-12,14,25H,10,13H2,1-3H3. The number of aromatic amines is 1. The third kappa shape index (κ3) is 2.79. The van der Waals surface area contributed by atoms with Gasteiger partial charge in [0.2, 0.25) is 0 Å². The Morgan fingerprint density at radius 1 is 1.10 bits per heavy atom. The molecule has 0 bridgehead atoms. The largest absolute Gasteiger partial charge is 0.482 e. The van der Waals surface area contributed by atoms with Gasteiger partial charge >= 0.3 is 5.69 Å². The molecule has 1 N–H and O–H groups in total. The third-order valence-electron chi connectivity index (χ3n) is 5.81. The number of aryl methyl sites for hydroxylation is 2. The molecule has 0 aliphatic carbocycles. The van der Waals surface area contributed by atoms with Crippen LogP contribution >= 0.6 is 0 Å². The smallest absolute Gasteiger partial charge is 0.331 e. The van der Waals surface area contributed by atoms with E-state index in [4.69, 9.17) is 4.74 Å². The molecule has 6 heteroatoms. The molecular formula is C24H23N3O3. The van der Waals surface area contributed by atoms with Crippen LogP contribution in [-0.4, -0.2) is 19.7 Å². The van der Waals surface area contributed by atoms with Crippen molar-refractivity contribution in [3.8, 4) is 5.75 Å². The maximum absolute atomic E-state index is 13.0. The van der Waals surface area contributed by atoms with Crippen molar-refractivity contribution < 1.29 is 4.74 Å². The molecule has 0 radical (unpaired) electrons. The Bertz CT molecular complexity index is 1450. The highest BCUT2D eigenvalue weighted by atomic mass is 16.5. The van der Waals surface area contributed by atoms with Crippen molar-refractivity contribution in [3.05, 3.63) is 80.6 Å². The van der Waals surface area contributed by atoms with E-state index in [-0.39, 0.29) is 16.9 Å². The molecule has 2 aromatic carbocycles. The minimum Gasteiger partial charge on any atom is -0.482 e. The van der Waals surface area contributed by atoms with E-state index in [1.165, 1.54) is 9.13 Å². The summed E-state index contributed by atoms with van der Waals surface area (Å²) in [6.45, 7) is 4.35. The molecule has 152 valence electrons. The van der Waals surface area contributed by atoms with Crippen molar-refractivity contribution in [1.29, 1.82) is 0 Å². The summed E-state index contributed by atoms with van der Waals surface area (Å²) in [6, 6.07) is 11.3. The van der Waals surface area contributed by atoms with Gasteiger partial charge in [0.15, 0.2) is 0 Å². The van der Waals surface area contributed by atoms with Gasteiger partial charge in [0, 0.05) is 36.3 Å². The first-order valence-corrected chi connectivity index (χ1v) is 10.1. The number of hydrogen-bond donors (Lipinski definition) is 1. The maximum Gasteiger partial charge on any atom is 0.331 e. The van der Waals surface area contributed by atoms with Gasteiger partial charge in [-0.2, -0.15) is 0 Å². The number of benzene rings is 2. The van der Waals surface area contributed by atoms with Gasteiger partial charge in [0.1, 0.15) is 11.4 Å². The van der Waals surface area contributed by atoms with Crippen LogP contribution < -0.4 is 16.0 Å². The van der Waals surface area contributed by atoms with Crippen LogP contribution in [0, 0.1) is 0 Å². The van der Waals surface area contributed by atoms with Gasteiger partial charge in [0.25, 0.3) is 5.56 Å². The Morgan fingerprint density at radius 2 is 1.90 bits per heavy atom. The van der Waals surface area contributed by atoms with Crippen LogP contribution in [0.5, 0.6) is 5.75 Å². The third-order valence-corrected chi connectivity index (χ3v) is 5.81. The lowest BCUT2D eigenvalue weighted by Crippen LogP contribution is -2.39. The van der Waals surface area contributed by atoms with Gasteiger partial charge in [0.05, 0.1) is 10.9 Å². The van der Waals surface area contributed by atoms with Crippen LogP contribution in [0.25, 0.3) is 27.9 Å². The van der Waals surface area contributed by atoms with Gasteiger partial charge in [-0.25, -0.2) is 4.79 Å². The van der Waals surface area contributed by atoms with E-state index >= 15 is 0 Å². The number of aromatic nitrogens is 3. The molecule has 1 aliphatic rings. The SMILES string of the molecule is Cn1c(=O)n(CCc2cc3[nH]ccc3c3c2C=CC(C)(C)O3)c(=O)c2ccccc21. The summed E-state index contributed by atoms with van der Waals surface area (Å²) in [6.07, 6.45) is 6.56. The summed E-state index contributed by atoms with van der Waals surface area (Å²) in [4.78, 5) is 29.1. The van der Waals surface area contributed by atoms with E-state index in [9.17, 15) is 9.59 Å². The second-order valence-electron chi connectivity index (χ2n) is 8.32. The fraction of sp³-hybridized carbons (Fsp3) is 0.250. The van der Waals surface area contributed by atoms with Crippen molar-refractivity contribution in [2.45, 2.75) is 32.4 Å². The molecule has 30 heavy (non-hydrogen) atoms. The van der Waals surface area contributed by atoms with Gasteiger partial charge in [-0.15, -0.1) is 0 Å². The summed E-state index contributed by atoms with van der Waals surface area (Å²) in [7, 11) is 1.70.